The molecule has 2 aliphatic heterocycles. The van der Waals surface area contributed by atoms with Crippen molar-refractivity contribution >= 4 is 5.91 Å². The highest BCUT2D eigenvalue weighted by Crippen LogP contribution is 2.34. The van der Waals surface area contributed by atoms with Crippen LogP contribution in [0.15, 0.2) is 0 Å². The summed E-state index contributed by atoms with van der Waals surface area (Å²) in [6, 6.07) is 0. The summed E-state index contributed by atoms with van der Waals surface area (Å²) in [6.07, 6.45) is 5.10. The van der Waals surface area contributed by atoms with E-state index in [4.69, 9.17) is 4.84 Å². The first kappa shape index (κ1) is 11.9. The second-order valence-corrected chi connectivity index (χ2v) is 4.90. The Bertz CT molecular complexity index is 238. The van der Waals surface area contributed by atoms with E-state index in [-0.39, 0.29) is 11.3 Å². The van der Waals surface area contributed by atoms with Crippen molar-refractivity contribution in [1.82, 2.24) is 10.4 Å². The van der Waals surface area contributed by atoms with Crippen molar-refractivity contribution < 1.29 is 9.63 Å². The minimum atomic E-state index is -0.197. The number of nitrogens with zero attached hydrogens (tertiary/aromatic N) is 1. The lowest BCUT2D eigenvalue weighted by Crippen LogP contribution is -2.50. The van der Waals surface area contributed by atoms with E-state index in [1.54, 1.807) is 5.06 Å². The van der Waals surface area contributed by atoms with E-state index in [1.165, 1.54) is 0 Å². The van der Waals surface area contributed by atoms with Crippen molar-refractivity contribution in [3.05, 3.63) is 0 Å². The molecule has 16 heavy (non-hydrogen) atoms. The SMILES string of the molecule is CCCC1(C(=O)N2CCCO2)CCCNC1. The van der Waals surface area contributed by atoms with Crippen molar-refractivity contribution in [3.8, 4) is 0 Å². The van der Waals surface area contributed by atoms with Gasteiger partial charge in [-0.2, -0.15) is 0 Å². The van der Waals surface area contributed by atoms with Gasteiger partial charge in [-0.05, 0) is 32.2 Å². The van der Waals surface area contributed by atoms with Crippen LogP contribution in [0, 0.1) is 5.41 Å². The van der Waals surface area contributed by atoms with Crippen LogP contribution in [-0.2, 0) is 9.63 Å². The molecule has 2 saturated heterocycles. The molecule has 4 nitrogen and oxygen atoms in total. The van der Waals surface area contributed by atoms with Crippen molar-refractivity contribution in [2.75, 3.05) is 26.2 Å². The minimum absolute atomic E-state index is 0.197. The molecule has 2 aliphatic rings. The predicted molar refractivity (Wildman–Crippen MR) is 61.7 cm³/mol. The summed E-state index contributed by atoms with van der Waals surface area (Å²) in [7, 11) is 0. The first-order valence-electron chi connectivity index (χ1n) is 6.44. The van der Waals surface area contributed by atoms with Gasteiger partial charge in [0.2, 0.25) is 0 Å². The van der Waals surface area contributed by atoms with E-state index in [0.717, 1.165) is 51.7 Å². The van der Waals surface area contributed by atoms with Gasteiger partial charge in [-0.1, -0.05) is 13.3 Å². The van der Waals surface area contributed by atoms with Gasteiger partial charge in [-0.25, -0.2) is 5.06 Å². The molecule has 1 unspecified atom stereocenters. The Labute approximate surface area is 97.3 Å². The molecule has 2 rings (SSSR count). The summed E-state index contributed by atoms with van der Waals surface area (Å²) in [5, 5.41) is 4.96. The summed E-state index contributed by atoms with van der Waals surface area (Å²) < 4.78 is 0. The third kappa shape index (κ3) is 2.23. The molecule has 0 saturated carbocycles. The number of amides is 1. The first-order valence-corrected chi connectivity index (χ1v) is 6.44. The molecule has 92 valence electrons. The van der Waals surface area contributed by atoms with Gasteiger partial charge in [0, 0.05) is 6.54 Å². The fourth-order valence-corrected chi connectivity index (χ4v) is 2.82. The molecule has 0 aliphatic carbocycles. The highest BCUT2D eigenvalue weighted by Gasteiger charge is 2.42. The van der Waals surface area contributed by atoms with Crippen LogP contribution in [-0.4, -0.2) is 37.2 Å². The Hall–Kier alpha value is -0.610. The molecule has 0 aromatic heterocycles. The molecule has 0 radical (unpaired) electrons. The van der Waals surface area contributed by atoms with E-state index in [1.807, 2.05) is 0 Å². The summed E-state index contributed by atoms with van der Waals surface area (Å²) in [5.74, 6) is 0.207. The monoisotopic (exact) mass is 226 g/mol. The van der Waals surface area contributed by atoms with Crippen LogP contribution in [0.4, 0.5) is 0 Å². The van der Waals surface area contributed by atoms with Gasteiger partial charge in [-0.3, -0.25) is 9.63 Å². The highest BCUT2D eigenvalue weighted by atomic mass is 16.7. The van der Waals surface area contributed by atoms with Crippen LogP contribution < -0.4 is 5.32 Å². The third-order valence-corrected chi connectivity index (χ3v) is 3.63. The number of carbonyl (C=O) groups is 1. The van der Waals surface area contributed by atoms with Crippen molar-refractivity contribution in [3.63, 3.8) is 0 Å². The van der Waals surface area contributed by atoms with Crippen LogP contribution in [0.2, 0.25) is 0 Å². The van der Waals surface area contributed by atoms with Gasteiger partial charge in [0.1, 0.15) is 0 Å². The second-order valence-electron chi connectivity index (χ2n) is 4.90. The number of hydrogen-bond acceptors (Lipinski definition) is 3. The van der Waals surface area contributed by atoms with Crippen molar-refractivity contribution in [2.24, 2.45) is 5.41 Å². The fraction of sp³-hybridized carbons (Fsp3) is 0.917. The van der Waals surface area contributed by atoms with Crippen LogP contribution in [0.25, 0.3) is 0 Å². The molecule has 1 amide bonds. The zero-order valence-corrected chi connectivity index (χ0v) is 10.1. The summed E-state index contributed by atoms with van der Waals surface area (Å²) in [6.45, 7) is 5.47. The Kier molecular flexibility index (Phi) is 3.82. The molecule has 0 spiro atoms. The average molecular weight is 226 g/mol. The van der Waals surface area contributed by atoms with Crippen LogP contribution >= 0.6 is 0 Å². The maximum atomic E-state index is 12.5. The van der Waals surface area contributed by atoms with Crippen molar-refractivity contribution in [1.29, 1.82) is 0 Å². The number of piperidine rings is 1. The van der Waals surface area contributed by atoms with Crippen LogP contribution in [0.1, 0.15) is 39.0 Å². The van der Waals surface area contributed by atoms with Gasteiger partial charge in [0.25, 0.3) is 5.91 Å². The van der Waals surface area contributed by atoms with Crippen LogP contribution in [0.5, 0.6) is 0 Å². The fourth-order valence-electron chi connectivity index (χ4n) is 2.82. The molecule has 2 fully saturated rings. The molecule has 2 heterocycles. The molecule has 1 N–H and O–H groups in total. The van der Waals surface area contributed by atoms with E-state index in [0.29, 0.717) is 6.61 Å². The van der Waals surface area contributed by atoms with Gasteiger partial charge < -0.3 is 5.32 Å². The zero-order chi connectivity index (χ0) is 11.4. The number of hydrogen-bond donors (Lipinski definition) is 1. The van der Waals surface area contributed by atoms with Gasteiger partial charge >= 0.3 is 0 Å². The largest absolute Gasteiger partial charge is 0.316 e. The Morgan fingerprint density at radius 2 is 2.38 bits per heavy atom. The Morgan fingerprint density at radius 3 is 2.94 bits per heavy atom. The smallest absolute Gasteiger partial charge is 0.253 e. The topological polar surface area (TPSA) is 41.6 Å². The second kappa shape index (κ2) is 5.15. The minimum Gasteiger partial charge on any atom is -0.316 e. The van der Waals surface area contributed by atoms with E-state index < -0.39 is 0 Å². The summed E-state index contributed by atoms with van der Waals surface area (Å²) in [4.78, 5) is 17.9. The maximum absolute atomic E-state index is 12.5. The molecule has 1 atom stereocenters. The lowest BCUT2D eigenvalue weighted by Gasteiger charge is -2.38. The average Bonchev–Trinajstić information content (AvgIpc) is 2.83. The van der Waals surface area contributed by atoms with Crippen molar-refractivity contribution in [2.45, 2.75) is 39.0 Å². The molecule has 4 heteroatoms. The summed E-state index contributed by atoms with van der Waals surface area (Å²) in [5.41, 5.74) is -0.197. The predicted octanol–water partition coefficient (Wildman–Crippen LogP) is 1.32. The normalized spacial score (nSPS) is 30.7. The maximum Gasteiger partial charge on any atom is 0.253 e. The summed E-state index contributed by atoms with van der Waals surface area (Å²) >= 11 is 0. The lowest BCUT2D eigenvalue weighted by atomic mass is 9.76. The Balaban J connectivity index is 2.07. The molecule has 0 aromatic carbocycles. The molecule has 0 bridgehead atoms. The van der Waals surface area contributed by atoms with E-state index >= 15 is 0 Å². The standard InChI is InChI=1S/C12H22N2O2/c1-2-5-12(6-3-7-13-10-12)11(15)14-8-4-9-16-14/h13H,2-10H2,1H3. The third-order valence-electron chi connectivity index (χ3n) is 3.63. The zero-order valence-electron chi connectivity index (χ0n) is 10.1. The number of hydroxylamine groups is 2. The van der Waals surface area contributed by atoms with Gasteiger partial charge in [0.05, 0.1) is 18.6 Å². The van der Waals surface area contributed by atoms with E-state index in [9.17, 15) is 4.79 Å². The van der Waals surface area contributed by atoms with Gasteiger partial charge in [0.15, 0.2) is 0 Å². The lowest BCUT2D eigenvalue weighted by molar-refractivity contribution is -0.182. The number of rotatable bonds is 3. The molecular formula is C12H22N2O2. The quantitative estimate of drug-likeness (QED) is 0.789. The molecular weight excluding hydrogens is 204 g/mol. The Morgan fingerprint density at radius 1 is 1.50 bits per heavy atom. The first-order chi connectivity index (χ1) is 7.78. The van der Waals surface area contributed by atoms with Crippen LogP contribution in [0.3, 0.4) is 0 Å². The molecule has 0 aromatic rings. The number of carbonyl (C=O) groups excluding carboxylic acids is 1. The van der Waals surface area contributed by atoms with Gasteiger partial charge in [-0.15, -0.1) is 0 Å². The van der Waals surface area contributed by atoms with E-state index in [2.05, 4.69) is 12.2 Å². The highest BCUT2D eigenvalue weighted by molar-refractivity contribution is 5.82. The number of nitrogens with one attached hydrogen (secondary N) is 1.